The number of aromatic carboxylic acids is 1. The van der Waals surface area contributed by atoms with Crippen molar-refractivity contribution >= 4 is 46.7 Å². The maximum atomic E-state index is 11.9. The number of imide groups is 1. The Hall–Kier alpha value is -4.29. The number of hydrogen-bond donors (Lipinski definition) is 4. The van der Waals surface area contributed by atoms with Crippen molar-refractivity contribution in [1.82, 2.24) is 25.6 Å². The number of aryl methyl sites for hydroxylation is 1. The normalized spacial score (nSPS) is 16.9. The second-order valence-corrected chi connectivity index (χ2v) is 10.8. The lowest BCUT2D eigenvalue weighted by Crippen LogP contribution is -2.38. The highest BCUT2D eigenvalue weighted by Gasteiger charge is 2.26. The maximum Gasteiger partial charge on any atom is 0.336 e. The van der Waals surface area contributed by atoms with E-state index in [0.29, 0.717) is 46.1 Å². The third-order valence-electron chi connectivity index (χ3n) is 6.89. The summed E-state index contributed by atoms with van der Waals surface area (Å²) in [7, 11) is 0. The van der Waals surface area contributed by atoms with E-state index < -0.39 is 11.9 Å². The molecule has 0 unspecified atom stereocenters. The summed E-state index contributed by atoms with van der Waals surface area (Å²) in [5, 5.41) is 15.1. The molecular weight excluding hydrogens is 530 g/mol. The average Bonchev–Trinajstić information content (AvgIpc) is 3.25. The first-order valence-corrected chi connectivity index (χ1v) is 13.7. The van der Waals surface area contributed by atoms with Crippen LogP contribution in [0.15, 0.2) is 47.5 Å². The lowest BCUT2D eigenvalue weighted by molar-refractivity contribution is -0.115. The molecule has 2 fully saturated rings. The van der Waals surface area contributed by atoms with Gasteiger partial charge in [0.05, 0.1) is 21.9 Å². The summed E-state index contributed by atoms with van der Waals surface area (Å²) in [6, 6.07) is 10.5. The van der Waals surface area contributed by atoms with Gasteiger partial charge in [0.15, 0.2) is 0 Å². The zero-order valence-electron chi connectivity index (χ0n) is 21.9. The van der Waals surface area contributed by atoms with E-state index in [1.807, 2.05) is 19.1 Å². The molecule has 2 saturated heterocycles. The Morgan fingerprint density at radius 1 is 1.20 bits per heavy atom. The number of carboxylic acids is 1. The van der Waals surface area contributed by atoms with E-state index in [4.69, 9.17) is 5.73 Å². The van der Waals surface area contributed by atoms with E-state index in [-0.39, 0.29) is 10.8 Å². The Morgan fingerprint density at radius 3 is 2.73 bits per heavy atom. The van der Waals surface area contributed by atoms with Crippen LogP contribution in [0, 0.1) is 12.8 Å². The number of carbonyl (C=O) groups is 3. The van der Waals surface area contributed by atoms with Gasteiger partial charge in [0.25, 0.3) is 11.1 Å². The van der Waals surface area contributed by atoms with Crippen LogP contribution >= 0.6 is 11.8 Å². The number of aromatic nitrogens is 3. The van der Waals surface area contributed by atoms with Crippen LogP contribution in [0.5, 0.6) is 0 Å². The van der Waals surface area contributed by atoms with Gasteiger partial charge in [-0.1, -0.05) is 17.7 Å². The van der Waals surface area contributed by atoms with Gasteiger partial charge in [-0.05, 0) is 79.9 Å². The number of piperidine rings is 1. The summed E-state index contributed by atoms with van der Waals surface area (Å²) in [5.41, 5.74) is 9.70. The van der Waals surface area contributed by atoms with Crippen LogP contribution in [-0.2, 0) is 11.3 Å². The molecule has 2 aliphatic rings. The molecule has 0 bridgehead atoms. The molecule has 0 radical (unpaired) electrons. The number of thioether (sulfide) groups is 1. The topological polar surface area (TPSA) is 163 Å². The Balaban J connectivity index is 1.19. The number of nitrogen functional groups attached to an aromatic ring is 1. The molecule has 1 aromatic carbocycles. The number of pyridine rings is 1. The molecule has 0 spiro atoms. The smallest absolute Gasteiger partial charge is 0.336 e. The number of rotatable bonds is 8. The summed E-state index contributed by atoms with van der Waals surface area (Å²) < 4.78 is 0. The molecule has 5 rings (SSSR count). The molecule has 5 N–H and O–H groups in total. The highest BCUT2D eigenvalue weighted by molar-refractivity contribution is 8.18. The van der Waals surface area contributed by atoms with E-state index in [2.05, 4.69) is 30.5 Å². The monoisotopic (exact) mass is 559 g/mol. The first-order valence-electron chi connectivity index (χ1n) is 12.9. The van der Waals surface area contributed by atoms with E-state index >= 15 is 0 Å². The summed E-state index contributed by atoms with van der Waals surface area (Å²) in [5.74, 6) is -0.0313. The van der Waals surface area contributed by atoms with Gasteiger partial charge in [-0.15, -0.1) is 0 Å². The molecule has 40 heavy (non-hydrogen) atoms. The third-order valence-corrected chi connectivity index (χ3v) is 7.70. The quantitative estimate of drug-likeness (QED) is 0.299. The van der Waals surface area contributed by atoms with Crippen molar-refractivity contribution in [3.05, 3.63) is 69.9 Å². The second kappa shape index (κ2) is 11.8. The largest absolute Gasteiger partial charge is 0.478 e. The SMILES string of the molecule is Cc1ccc(C(=O)O)c(-c2nc(N)ccc2CNCC2CCN(c3nccc(C=C4SC(=O)NC4=O)n3)CC2)c1. The van der Waals surface area contributed by atoms with Gasteiger partial charge in [-0.25, -0.2) is 19.7 Å². The van der Waals surface area contributed by atoms with Crippen molar-refractivity contribution < 1.29 is 19.5 Å². The number of carboxylic acid groups (broad SMARTS) is 1. The Morgan fingerprint density at radius 2 is 2.00 bits per heavy atom. The van der Waals surface area contributed by atoms with Gasteiger partial charge in [0.2, 0.25) is 5.95 Å². The predicted octanol–water partition coefficient (Wildman–Crippen LogP) is 3.46. The van der Waals surface area contributed by atoms with Gasteiger partial charge < -0.3 is 21.1 Å². The fraction of sp³-hybridized carbons (Fsp3) is 0.286. The Kier molecular flexibility index (Phi) is 8.08. The predicted molar refractivity (Wildman–Crippen MR) is 154 cm³/mol. The fourth-order valence-corrected chi connectivity index (χ4v) is 5.48. The molecular formula is C28H29N7O4S. The summed E-state index contributed by atoms with van der Waals surface area (Å²) in [6.07, 6.45) is 5.15. The third kappa shape index (κ3) is 6.29. The molecule has 3 aromatic rings. The molecule has 2 aliphatic heterocycles. The van der Waals surface area contributed by atoms with Crippen molar-refractivity contribution in [1.29, 1.82) is 0 Å². The Labute approximate surface area is 235 Å². The molecule has 0 atom stereocenters. The highest BCUT2D eigenvalue weighted by atomic mass is 32.2. The van der Waals surface area contributed by atoms with Crippen LogP contribution in [0.2, 0.25) is 0 Å². The van der Waals surface area contributed by atoms with Crippen molar-refractivity contribution in [2.24, 2.45) is 5.92 Å². The van der Waals surface area contributed by atoms with Crippen LogP contribution in [0.3, 0.4) is 0 Å². The standard InChI is InChI=1S/C28H29N7O4S/c1-16-2-4-20(26(37)38)21(12-16)24-18(3-5-23(29)33-24)15-30-14-17-7-10-35(11-8-17)27-31-9-6-19(32-27)13-22-25(36)34-28(39)40-22/h2-6,9,12-13,17,30H,7-8,10-11,14-15H2,1H3,(H2,29,33)(H,37,38)(H,34,36,39). The van der Waals surface area contributed by atoms with Crippen molar-refractivity contribution in [2.75, 3.05) is 30.3 Å². The van der Waals surface area contributed by atoms with E-state index in [9.17, 15) is 19.5 Å². The zero-order valence-corrected chi connectivity index (χ0v) is 22.7. The number of amides is 2. The maximum absolute atomic E-state index is 11.9. The minimum absolute atomic E-state index is 0.193. The van der Waals surface area contributed by atoms with E-state index in [1.54, 1.807) is 36.5 Å². The summed E-state index contributed by atoms with van der Waals surface area (Å²) >= 11 is 0.863. The summed E-state index contributed by atoms with van der Waals surface area (Å²) in [6.45, 7) is 4.83. The van der Waals surface area contributed by atoms with Crippen LogP contribution in [0.25, 0.3) is 17.3 Å². The molecule has 0 saturated carbocycles. The fourth-order valence-electron chi connectivity index (χ4n) is 4.82. The van der Waals surface area contributed by atoms with Crippen LogP contribution in [0.1, 0.15) is 40.0 Å². The number of carbonyl (C=O) groups excluding carboxylic acids is 2. The molecule has 12 heteroatoms. The van der Waals surface area contributed by atoms with Gasteiger partial charge in [0.1, 0.15) is 5.82 Å². The minimum Gasteiger partial charge on any atom is -0.478 e. The molecule has 2 aromatic heterocycles. The van der Waals surface area contributed by atoms with Crippen LogP contribution < -0.4 is 21.3 Å². The van der Waals surface area contributed by atoms with Gasteiger partial charge in [0, 0.05) is 31.4 Å². The molecule has 4 heterocycles. The van der Waals surface area contributed by atoms with Crippen molar-refractivity contribution in [2.45, 2.75) is 26.3 Å². The van der Waals surface area contributed by atoms with E-state index in [0.717, 1.165) is 55.4 Å². The van der Waals surface area contributed by atoms with Crippen molar-refractivity contribution in [3.63, 3.8) is 0 Å². The molecule has 206 valence electrons. The first-order chi connectivity index (χ1) is 19.3. The average molecular weight is 560 g/mol. The number of anilines is 2. The highest BCUT2D eigenvalue weighted by Crippen LogP contribution is 2.29. The van der Waals surface area contributed by atoms with Crippen LogP contribution in [-0.4, -0.2) is 56.8 Å². The lowest BCUT2D eigenvalue weighted by atomic mass is 9.96. The number of hydrogen-bond acceptors (Lipinski definition) is 10. The lowest BCUT2D eigenvalue weighted by Gasteiger charge is -2.32. The van der Waals surface area contributed by atoms with Gasteiger partial charge >= 0.3 is 5.97 Å². The first kappa shape index (κ1) is 27.3. The van der Waals surface area contributed by atoms with E-state index in [1.165, 1.54) is 0 Å². The van der Waals surface area contributed by atoms with Crippen LogP contribution in [0.4, 0.5) is 16.6 Å². The second-order valence-electron chi connectivity index (χ2n) is 9.79. The number of nitrogens with two attached hydrogens (primary N) is 1. The van der Waals surface area contributed by atoms with Gasteiger partial charge in [-0.2, -0.15) is 0 Å². The molecule has 11 nitrogen and oxygen atoms in total. The number of nitrogens with one attached hydrogen (secondary N) is 2. The summed E-state index contributed by atoms with van der Waals surface area (Å²) in [4.78, 5) is 51.0. The molecule has 0 aliphatic carbocycles. The van der Waals surface area contributed by atoms with Gasteiger partial charge in [-0.3, -0.25) is 14.9 Å². The minimum atomic E-state index is -1.01. The Bertz CT molecular complexity index is 1500. The van der Waals surface area contributed by atoms with Crippen molar-refractivity contribution in [3.8, 4) is 11.3 Å². The molecule has 2 amide bonds. The number of nitrogens with zero attached hydrogens (tertiary/aromatic N) is 4. The zero-order chi connectivity index (χ0) is 28.2. The number of benzene rings is 1.